The van der Waals surface area contributed by atoms with Gasteiger partial charge in [0.2, 0.25) is 0 Å². The lowest BCUT2D eigenvalue weighted by atomic mass is 10.2. The zero-order valence-electron chi connectivity index (χ0n) is 10.1. The number of rotatable bonds is 3. The average Bonchev–Trinajstić information content (AvgIpc) is 2.72. The fraction of sp³-hybridized carbons (Fsp3) is 0.308. The van der Waals surface area contributed by atoms with Gasteiger partial charge in [-0.05, 0) is 19.4 Å². The predicted molar refractivity (Wildman–Crippen MR) is 70.2 cm³/mol. The summed E-state index contributed by atoms with van der Waals surface area (Å²) >= 11 is 0. The number of benzene rings is 1. The number of hydrogen-bond donors (Lipinski definition) is 3. The Bertz CT molecular complexity index is 518. The van der Waals surface area contributed by atoms with Gasteiger partial charge in [0.25, 0.3) is 0 Å². The molecule has 4 nitrogen and oxygen atoms in total. The van der Waals surface area contributed by atoms with Gasteiger partial charge in [0.05, 0.1) is 5.69 Å². The number of amides is 2. The van der Waals surface area contributed by atoms with Crippen molar-refractivity contribution in [3.63, 3.8) is 0 Å². The van der Waals surface area contributed by atoms with E-state index in [1.165, 1.54) is 0 Å². The van der Waals surface area contributed by atoms with Crippen LogP contribution in [0.2, 0.25) is 0 Å². The fourth-order valence-corrected chi connectivity index (χ4v) is 1.66. The highest BCUT2D eigenvalue weighted by atomic mass is 16.2. The quantitative estimate of drug-likeness (QED) is 0.747. The van der Waals surface area contributed by atoms with E-state index in [2.05, 4.69) is 15.6 Å². The molecule has 0 saturated heterocycles. The molecule has 0 fully saturated rings. The molecule has 4 heteroatoms. The van der Waals surface area contributed by atoms with Crippen molar-refractivity contribution >= 4 is 22.6 Å². The molecule has 1 unspecified atom stereocenters. The van der Waals surface area contributed by atoms with Crippen LogP contribution in [-0.4, -0.2) is 17.1 Å². The van der Waals surface area contributed by atoms with Gasteiger partial charge >= 0.3 is 6.03 Å². The third-order valence-corrected chi connectivity index (χ3v) is 2.83. The maximum atomic E-state index is 11.7. The minimum Gasteiger partial charge on any atom is -0.359 e. The van der Waals surface area contributed by atoms with Crippen molar-refractivity contribution < 1.29 is 4.79 Å². The van der Waals surface area contributed by atoms with Crippen molar-refractivity contribution in [1.29, 1.82) is 0 Å². The highest BCUT2D eigenvalue weighted by Gasteiger charge is 2.08. The van der Waals surface area contributed by atoms with Crippen molar-refractivity contribution in [3.05, 3.63) is 30.5 Å². The van der Waals surface area contributed by atoms with Crippen LogP contribution in [0.15, 0.2) is 30.5 Å². The Hall–Kier alpha value is -1.97. The van der Waals surface area contributed by atoms with E-state index in [-0.39, 0.29) is 12.1 Å². The summed E-state index contributed by atoms with van der Waals surface area (Å²) in [4.78, 5) is 14.8. The molecule has 0 radical (unpaired) electrons. The highest BCUT2D eigenvalue weighted by molar-refractivity contribution is 6.00. The molecule has 17 heavy (non-hydrogen) atoms. The second-order valence-electron chi connectivity index (χ2n) is 4.16. The van der Waals surface area contributed by atoms with E-state index in [4.69, 9.17) is 0 Å². The van der Waals surface area contributed by atoms with Gasteiger partial charge in [-0.2, -0.15) is 0 Å². The van der Waals surface area contributed by atoms with Crippen LogP contribution in [-0.2, 0) is 0 Å². The standard InChI is InChI=1S/C13H17N3O/c1-3-9(2)15-13(17)16-12-8-14-11-7-5-4-6-10(11)12/h4-9,14H,3H2,1-2H3,(H2,15,16,17). The molecule has 1 aromatic carbocycles. The van der Waals surface area contributed by atoms with Crippen LogP contribution in [0.4, 0.5) is 10.5 Å². The number of carbonyl (C=O) groups excluding carboxylic acids is 1. The summed E-state index contributed by atoms with van der Waals surface area (Å²) in [5.41, 5.74) is 1.83. The van der Waals surface area contributed by atoms with Crippen LogP contribution in [0.1, 0.15) is 20.3 Å². The van der Waals surface area contributed by atoms with Crippen LogP contribution in [0.25, 0.3) is 10.9 Å². The Kier molecular flexibility index (Phi) is 3.32. The van der Waals surface area contributed by atoms with Gasteiger partial charge in [-0.1, -0.05) is 25.1 Å². The molecule has 0 aliphatic heterocycles. The zero-order valence-corrected chi connectivity index (χ0v) is 10.1. The minimum atomic E-state index is -0.163. The van der Waals surface area contributed by atoms with Gasteiger partial charge < -0.3 is 15.6 Å². The van der Waals surface area contributed by atoms with Gasteiger partial charge in [-0.15, -0.1) is 0 Å². The Balaban J connectivity index is 2.11. The van der Waals surface area contributed by atoms with E-state index in [9.17, 15) is 4.79 Å². The van der Waals surface area contributed by atoms with Gasteiger partial charge in [-0.3, -0.25) is 0 Å². The Labute approximate surface area is 100 Å². The van der Waals surface area contributed by atoms with Crippen LogP contribution >= 0.6 is 0 Å². The number of hydrogen-bond acceptors (Lipinski definition) is 1. The van der Waals surface area contributed by atoms with Gasteiger partial charge in [0, 0.05) is 23.1 Å². The lowest BCUT2D eigenvalue weighted by Crippen LogP contribution is -2.35. The zero-order chi connectivity index (χ0) is 12.3. The molecular weight excluding hydrogens is 214 g/mol. The highest BCUT2D eigenvalue weighted by Crippen LogP contribution is 2.22. The molecular formula is C13H17N3O. The van der Waals surface area contributed by atoms with Crippen LogP contribution < -0.4 is 10.6 Å². The van der Waals surface area contributed by atoms with Crippen molar-refractivity contribution in [1.82, 2.24) is 10.3 Å². The molecule has 0 aliphatic carbocycles. The first kappa shape index (κ1) is 11.5. The van der Waals surface area contributed by atoms with Gasteiger partial charge in [-0.25, -0.2) is 4.79 Å². The predicted octanol–water partition coefficient (Wildman–Crippen LogP) is 3.09. The summed E-state index contributed by atoms with van der Waals surface area (Å²) in [6, 6.07) is 7.89. The minimum absolute atomic E-state index is 0.163. The van der Waals surface area contributed by atoms with E-state index < -0.39 is 0 Å². The first-order chi connectivity index (χ1) is 8.20. The first-order valence-electron chi connectivity index (χ1n) is 5.84. The largest absolute Gasteiger partial charge is 0.359 e. The second-order valence-corrected chi connectivity index (χ2v) is 4.16. The molecule has 1 aromatic heterocycles. The maximum absolute atomic E-state index is 11.7. The number of anilines is 1. The van der Waals surface area contributed by atoms with Crippen LogP contribution in [0, 0.1) is 0 Å². The molecule has 0 bridgehead atoms. The monoisotopic (exact) mass is 231 g/mol. The molecule has 2 rings (SSSR count). The number of nitrogens with one attached hydrogen (secondary N) is 3. The third kappa shape index (κ3) is 2.58. The molecule has 2 amide bonds. The molecule has 1 atom stereocenters. The first-order valence-corrected chi connectivity index (χ1v) is 5.84. The fourth-order valence-electron chi connectivity index (χ4n) is 1.66. The number of para-hydroxylation sites is 1. The summed E-state index contributed by atoms with van der Waals surface area (Å²) in [6.45, 7) is 4.02. The second kappa shape index (κ2) is 4.91. The van der Waals surface area contributed by atoms with Gasteiger partial charge in [0.15, 0.2) is 0 Å². The number of urea groups is 1. The van der Waals surface area contributed by atoms with E-state index in [1.54, 1.807) is 6.20 Å². The number of H-pyrrole nitrogens is 1. The smallest absolute Gasteiger partial charge is 0.319 e. The number of aromatic amines is 1. The van der Waals surface area contributed by atoms with E-state index in [1.807, 2.05) is 38.1 Å². The number of aromatic nitrogens is 1. The lowest BCUT2D eigenvalue weighted by Gasteiger charge is -2.11. The van der Waals surface area contributed by atoms with Crippen LogP contribution in [0.3, 0.4) is 0 Å². The van der Waals surface area contributed by atoms with E-state index in [0.29, 0.717) is 0 Å². The molecule has 3 N–H and O–H groups in total. The Morgan fingerprint density at radius 3 is 2.94 bits per heavy atom. The van der Waals surface area contributed by atoms with E-state index in [0.717, 1.165) is 23.0 Å². The van der Waals surface area contributed by atoms with Crippen molar-refractivity contribution in [2.75, 3.05) is 5.32 Å². The summed E-state index contributed by atoms with van der Waals surface area (Å²) in [6.07, 6.45) is 2.72. The number of fused-ring (bicyclic) bond motifs is 1. The number of carbonyl (C=O) groups is 1. The molecule has 0 spiro atoms. The molecule has 1 heterocycles. The summed E-state index contributed by atoms with van der Waals surface area (Å²) in [5.74, 6) is 0. The SMILES string of the molecule is CCC(C)NC(=O)Nc1c[nH]c2ccccc12. The lowest BCUT2D eigenvalue weighted by molar-refractivity contribution is 0.249. The van der Waals surface area contributed by atoms with Crippen LogP contribution in [0.5, 0.6) is 0 Å². The van der Waals surface area contributed by atoms with Crippen molar-refractivity contribution in [2.24, 2.45) is 0 Å². The molecule has 2 aromatic rings. The Morgan fingerprint density at radius 2 is 2.18 bits per heavy atom. The normalized spacial score (nSPS) is 12.4. The maximum Gasteiger partial charge on any atom is 0.319 e. The van der Waals surface area contributed by atoms with E-state index >= 15 is 0 Å². The Morgan fingerprint density at radius 1 is 1.41 bits per heavy atom. The van der Waals surface area contributed by atoms with Gasteiger partial charge in [0.1, 0.15) is 0 Å². The van der Waals surface area contributed by atoms with Crippen molar-refractivity contribution in [2.45, 2.75) is 26.3 Å². The third-order valence-electron chi connectivity index (χ3n) is 2.83. The summed E-state index contributed by atoms with van der Waals surface area (Å²) in [7, 11) is 0. The summed E-state index contributed by atoms with van der Waals surface area (Å²) < 4.78 is 0. The molecule has 0 saturated carbocycles. The average molecular weight is 231 g/mol. The molecule has 0 aliphatic rings. The summed E-state index contributed by atoms with van der Waals surface area (Å²) in [5, 5.41) is 6.74. The molecule has 90 valence electrons. The van der Waals surface area contributed by atoms with Crippen molar-refractivity contribution in [3.8, 4) is 0 Å². The topological polar surface area (TPSA) is 56.9 Å².